The summed E-state index contributed by atoms with van der Waals surface area (Å²) >= 11 is 5.96. The van der Waals surface area contributed by atoms with Crippen molar-refractivity contribution >= 4 is 28.3 Å². The van der Waals surface area contributed by atoms with Crippen LogP contribution >= 0.6 is 11.6 Å². The zero-order valence-electron chi connectivity index (χ0n) is 10.7. The van der Waals surface area contributed by atoms with Crippen molar-refractivity contribution in [2.75, 3.05) is 13.9 Å². The highest BCUT2D eigenvalue weighted by Crippen LogP contribution is 2.35. The van der Waals surface area contributed by atoms with E-state index in [2.05, 4.69) is 0 Å². The fourth-order valence-electron chi connectivity index (χ4n) is 1.93. The van der Waals surface area contributed by atoms with Crippen molar-refractivity contribution in [3.8, 4) is 5.75 Å². The van der Waals surface area contributed by atoms with Crippen molar-refractivity contribution < 1.29 is 23.8 Å². The first-order valence-corrected chi connectivity index (χ1v) is 6.15. The lowest BCUT2D eigenvalue weighted by atomic mass is 10.0. The Balaban J connectivity index is 2.61. The normalized spacial score (nSPS) is 10.8. The molecule has 0 atom stereocenters. The van der Waals surface area contributed by atoms with Crippen LogP contribution in [0.25, 0.3) is 10.8 Å². The van der Waals surface area contributed by atoms with Crippen LogP contribution in [0.1, 0.15) is 5.56 Å². The maximum absolute atomic E-state index is 13.5. The van der Waals surface area contributed by atoms with Crippen LogP contribution in [0.5, 0.6) is 5.75 Å². The molecule has 0 aliphatic rings. The van der Waals surface area contributed by atoms with Crippen LogP contribution in [0.3, 0.4) is 0 Å². The Labute approximate surface area is 119 Å². The summed E-state index contributed by atoms with van der Waals surface area (Å²) in [5, 5.41) is 9.81. The lowest BCUT2D eigenvalue weighted by Crippen LogP contribution is -2.03. The van der Waals surface area contributed by atoms with Gasteiger partial charge in [-0.2, -0.15) is 0 Å². The molecule has 0 heterocycles. The number of aliphatic carboxylic acids is 1. The molecule has 6 heteroatoms. The summed E-state index contributed by atoms with van der Waals surface area (Å²) in [6, 6.07) is 5.94. The monoisotopic (exact) mass is 298 g/mol. The molecule has 0 radical (unpaired) electrons. The average Bonchev–Trinajstić information content (AvgIpc) is 2.39. The third-order valence-corrected chi connectivity index (χ3v) is 3.09. The first-order chi connectivity index (χ1) is 9.52. The molecule has 2 aromatic carbocycles. The Morgan fingerprint density at radius 1 is 1.40 bits per heavy atom. The maximum Gasteiger partial charge on any atom is 0.307 e. The second-order valence-corrected chi connectivity index (χ2v) is 4.55. The number of carboxylic acid groups (broad SMARTS) is 1. The summed E-state index contributed by atoms with van der Waals surface area (Å²) in [5.74, 6) is -1.23. The van der Waals surface area contributed by atoms with E-state index in [1.165, 1.54) is 25.3 Å². The highest BCUT2D eigenvalue weighted by molar-refractivity contribution is 6.36. The number of halogens is 2. The zero-order valence-corrected chi connectivity index (χ0v) is 11.4. The van der Waals surface area contributed by atoms with Crippen LogP contribution in [0.15, 0.2) is 24.3 Å². The van der Waals surface area contributed by atoms with E-state index in [0.29, 0.717) is 22.1 Å². The largest absolute Gasteiger partial charge is 0.481 e. The van der Waals surface area contributed by atoms with Gasteiger partial charge in [0.2, 0.25) is 0 Å². The van der Waals surface area contributed by atoms with Crippen molar-refractivity contribution in [1.29, 1.82) is 0 Å². The summed E-state index contributed by atoms with van der Waals surface area (Å²) in [5.41, 5.74) is 0.541. The molecule has 0 aliphatic carbocycles. The predicted octanol–water partition coefficient (Wildman–Crippen LogP) is 3.24. The Hall–Kier alpha value is -1.85. The maximum atomic E-state index is 13.5. The van der Waals surface area contributed by atoms with Crippen LogP contribution in [-0.4, -0.2) is 25.0 Å². The minimum absolute atomic E-state index is 0.0432. The standard InChI is InChI=1S/C14H12ClFO4/c1-19-7-20-11-5-8(6-12(17)18)4-9-2-3-10(16)14(15)13(9)11/h2-5H,6-7H2,1H3,(H,17,18). The van der Waals surface area contributed by atoms with E-state index in [0.717, 1.165) is 0 Å². The van der Waals surface area contributed by atoms with Gasteiger partial charge in [-0.05, 0) is 23.1 Å². The number of carbonyl (C=O) groups is 1. The Bertz CT molecular complexity index is 657. The van der Waals surface area contributed by atoms with E-state index in [1.807, 2.05) is 0 Å². The molecule has 0 fully saturated rings. The molecule has 0 bridgehead atoms. The minimum atomic E-state index is -0.963. The summed E-state index contributed by atoms with van der Waals surface area (Å²) in [6.07, 6.45) is -0.158. The molecule has 0 saturated heterocycles. The summed E-state index contributed by atoms with van der Waals surface area (Å²) in [6.45, 7) is -0.0432. The van der Waals surface area contributed by atoms with Gasteiger partial charge in [0.1, 0.15) is 11.6 Å². The van der Waals surface area contributed by atoms with Crippen LogP contribution in [0.4, 0.5) is 4.39 Å². The topological polar surface area (TPSA) is 55.8 Å². The molecule has 2 rings (SSSR count). The van der Waals surface area contributed by atoms with Crippen LogP contribution in [0, 0.1) is 5.82 Å². The van der Waals surface area contributed by atoms with E-state index in [9.17, 15) is 9.18 Å². The molecule has 0 amide bonds. The summed E-state index contributed by atoms with van der Waals surface area (Å²) in [7, 11) is 1.45. The molecule has 4 nitrogen and oxygen atoms in total. The molecule has 2 aromatic rings. The number of ether oxygens (including phenoxy) is 2. The van der Waals surface area contributed by atoms with Crippen molar-refractivity contribution in [2.45, 2.75) is 6.42 Å². The van der Waals surface area contributed by atoms with Gasteiger partial charge in [0, 0.05) is 12.5 Å². The number of fused-ring (bicyclic) bond motifs is 1. The highest BCUT2D eigenvalue weighted by atomic mass is 35.5. The zero-order chi connectivity index (χ0) is 14.7. The van der Waals surface area contributed by atoms with E-state index >= 15 is 0 Å². The summed E-state index contributed by atoms with van der Waals surface area (Å²) < 4.78 is 23.7. The number of carboxylic acids is 1. The third-order valence-electron chi connectivity index (χ3n) is 2.72. The molecule has 106 valence electrons. The number of hydrogen-bond donors (Lipinski definition) is 1. The van der Waals surface area contributed by atoms with Gasteiger partial charge >= 0.3 is 5.97 Å². The highest BCUT2D eigenvalue weighted by Gasteiger charge is 2.13. The Morgan fingerprint density at radius 3 is 2.80 bits per heavy atom. The van der Waals surface area contributed by atoms with Gasteiger partial charge in [0.25, 0.3) is 0 Å². The van der Waals surface area contributed by atoms with Crippen LogP contribution in [0.2, 0.25) is 5.02 Å². The molecule has 0 saturated carbocycles. The number of rotatable bonds is 5. The molecule has 0 aromatic heterocycles. The van der Waals surface area contributed by atoms with E-state index in [4.69, 9.17) is 26.2 Å². The first kappa shape index (κ1) is 14.6. The molecular formula is C14H12ClFO4. The lowest BCUT2D eigenvalue weighted by molar-refractivity contribution is -0.136. The van der Waals surface area contributed by atoms with Gasteiger partial charge in [-0.3, -0.25) is 4.79 Å². The average molecular weight is 299 g/mol. The predicted molar refractivity (Wildman–Crippen MR) is 72.8 cm³/mol. The van der Waals surface area contributed by atoms with Gasteiger partial charge in [-0.25, -0.2) is 4.39 Å². The fourth-order valence-corrected chi connectivity index (χ4v) is 2.20. The van der Waals surface area contributed by atoms with Gasteiger partial charge < -0.3 is 14.6 Å². The molecule has 0 spiro atoms. The number of hydrogen-bond acceptors (Lipinski definition) is 3. The van der Waals surface area contributed by atoms with E-state index < -0.39 is 11.8 Å². The van der Waals surface area contributed by atoms with Crippen molar-refractivity contribution in [3.63, 3.8) is 0 Å². The van der Waals surface area contributed by atoms with E-state index in [1.54, 1.807) is 6.07 Å². The molecule has 1 N–H and O–H groups in total. The molecule has 0 unspecified atom stereocenters. The van der Waals surface area contributed by atoms with E-state index in [-0.39, 0.29) is 18.2 Å². The quantitative estimate of drug-likeness (QED) is 0.861. The SMILES string of the molecule is COCOc1cc(CC(=O)O)cc2ccc(F)c(Cl)c12. The fraction of sp³-hybridized carbons (Fsp3) is 0.214. The minimum Gasteiger partial charge on any atom is -0.481 e. The molecule has 20 heavy (non-hydrogen) atoms. The van der Waals surface area contributed by atoms with Gasteiger partial charge in [0.05, 0.1) is 11.4 Å². The summed E-state index contributed by atoms with van der Waals surface area (Å²) in [4.78, 5) is 10.8. The second kappa shape index (κ2) is 6.07. The third kappa shape index (κ3) is 3.00. The van der Waals surface area contributed by atoms with Crippen molar-refractivity contribution in [2.24, 2.45) is 0 Å². The second-order valence-electron chi connectivity index (χ2n) is 4.17. The van der Waals surface area contributed by atoms with Gasteiger partial charge in [-0.15, -0.1) is 0 Å². The number of benzene rings is 2. The molecule has 0 aliphatic heterocycles. The van der Waals surface area contributed by atoms with Gasteiger partial charge in [-0.1, -0.05) is 23.7 Å². The van der Waals surface area contributed by atoms with Gasteiger partial charge in [0.15, 0.2) is 6.79 Å². The lowest BCUT2D eigenvalue weighted by Gasteiger charge is -2.12. The smallest absolute Gasteiger partial charge is 0.307 e. The Kier molecular flexibility index (Phi) is 4.42. The Morgan fingerprint density at radius 2 is 2.15 bits per heavy atom. The van der Waals surface area contributed by atoms with Crippen LogP contribution in [-0.2, 0) is 16.0 Å². The number of methoxy groups -OCH3 is 1. The van der Waals surface area contributed by atoms with Crippen molar-refractivity contribution in [3.05, 3.63) is 40.7 Å². The van der Waals surface area contributed by atoms with Crippen molar-refractivity contribution in [1.82, 2.24) is 0 Å². The first-order valence-electron chi connectivity index (χ1n) is 5.77. The van der Waals surface area contributed by atoms with Crippen LogP contribution < -0.4 is 4.74 Å². The molecular weight excluding hydrogens is 287 g/mol.